The number of aliphatic carboxylic acids is 1. The van der Waals surface area contributed by atoms with E-state index in [-0.39, 0.29) is 5.41 Å². The quantitative estimate of drug-likeness (QED) is 0.887. The van der Waals surface area contributed by atoms with E-state index in [9.17, 15) is 4.79 Å². The lowest BCUT2D eigenvalue weighted by molar-refractivity contribution is -0.142. The van der Waals surface area contributed by atoms with Gasteiger partial charge in [-0.25, -0.2) is 0 Å². The molecule has 0 aliphatic rings. The van der Waals surface area contributed by atoms with E-state index in [0.717, 1.165) is 17.8 Å². The predicted octanol–water partition coefficient (Wildman–Crippen LogP) is 2.11. The molecule has 1 atom stereocenters. The molecule has 5 heteroatoms. The number of likely N-dealkylation sites (N-methyl/N-ethyl adjacent to an activating group) is 1. The molecule has 0 radical (unpaired) electrons. The Morgan fingerprint density at radius 1 is 1.53 bits per heavy atom. The zero-order valence-corrected chi connectivity index (χ0v) is 12.8. The average molecular weight is 267 g/mol. The molecule has 1 heterocycles. The van der Waals surface area contributed by atoms with Crippen molar-refractivity contribution in [1.82, 2.24) is 14.7 Å². The highest BCUT2D eigenvalue weighted by atomic mass is 16.4. The summed E-state index contributed by atoms with van der Waals surface area (Å²) >= 11 is 0. The third kappa shape index (κ3) is 3.80. The van der Waals surface area contributed by atoms with Crippen molar-refractivity contribution in [2.75, 3.05) is 7.05 Å². The molecule has 0 saturated carbocycles. The molecule has 1 aromatic rings. The van der Waals surface area contributed by atoms with E-state index in [2.05, 4.69) is 25.9 Å². The molecule has 0 bridgehead atoms. The summed E-state index contributed by atoms with van der Waals surface area (Å²) in [5.74, 6) is -0.803. The maximum Gasteiger partial charge on any atom is 0.320 e. The van der Waals surface area contributed by atoms with Crippen molar-refractivity contribution in [3.8, 4) is 0 Å². The molecule has 5 nitrogen and oxygen atoms in total. The lowest BCUT2D eigenvalue weighted by Crippen LogP contribution is -2.35. The van der Waals surface area contributed by atoms with Gasteiger partial charge in [0, 0.05) is 30.3 Å². The van der Waals surface area contributed by atoms with Crippen molar-refractivity contribution in [1.29, 1.82) is 0 Å². The van der Waals surface area contributed by atoms with Crippen LogP contribution in [0.4, 0.5) is 0 Å². The van der Waals surface area contributed by atoms with Gasteiger partial charge in [0.05, 0.1) is 5.69 Å². The molecule has 0 saturated heterocycles. The van der Waals surface area contributed by atoms with E-state index in [4.69, 9.17) is 5.11 Å². The standard InChI is InChI=1S/C14H25N3O2/c1-7-17-9-11(12(15-17)14(3,4)5)8-16(6)10(2)13(18)19/h9-10H,7-8H2,1-6H3,(H,18,19). The second-order valence-electron chi connectivity index (χ2n) is 6.04. The number of aryl methyl sites for hydroxylation is 1. The highest BCUT2D eigenvalue weighted by molar-refractivity contribution is 5.72. The lowest BCUT2D eigenvalue weighted by Gasteiger charge is -2.23. The van der Waals surface area contributed by atoms with Gasteiger partial charge in [0.25, 0.3) is 0 Å². The lowest BCUT2D eigenvalue weighted by atomic mass is 9.89. The van der Waals surface area contributed by atoms with E-state index in [1.165, 1.54) is 0 Å². The molecule has 1 rings (SSSR count). The van der Waals surface area contributed by atoms with Crippen LogP contribution in [0.3, 0.4) is 0 Å². The molecule has 0 aliphatic carbocycles. The average Bonchev–Trinajstić information content (AvgIpc) is 2.70. The van der Waals surface area contributed by atoms with Crippen molar-refractivity contribution in [3.05, 3.63) is 17.5 Å². The minimum atomic E-state index is -0.803. The summed E-state index contributed by atoms with van der Waals surface area (Å²) in [7, 11) is 1.83. The Bertz CT molecular complexity index is 446. The molecule has 0 fully saturated rings. The highest BCUT2D eigenvalue weighted by Crippen LogP contribution is 2.25. The van der Waals surface area contributed by atoms with Gasteiger partial charge >= 0.3 is 5.97 Å². The van der Waals surface area contributed by atoms with Crippen molar-refractivity contribution in [2.24, 2.45) is 0 Å². The van der Waals surface area contributed by atoms with Gasteiger partial charge < -0.3 is 5.11 Å². The molecular formula is C14H25N3O2. The normalized spacial score (nSPS) is 13.8. The van der Waals surface area contributed by atoms with Crippen LogP contribution in [0.5, 0.6) is 0 Å². The number of aromatic nitrogens is 2. The highest BCUT2D eigenvalue weighted by Gasteiger charge is 2.25. The second-order valence-corrected chi connectivity index (χ2v) is 6.04. The van der Waals surface area contributed by atoms with Crippen LogP contribution in [0.1, 0.15) is 45.9 Å². The fourth-order valence-electron chi connectivity index (χ4n) is 1.97. The third-order valence-electron chi connectivity index (χ3n) is 3.31. The Kier molecular flexibility index (Phi) is 4.74. The van der Waals surface area contributed by atoms with Crippen LogP contribution in [0.2, 0.25) is 0 Å². The smallest absolute Gasteiger partial charge is 0.320 e. The van der Waals surface area contributed by atoms with E-state index in [1.807, 2.05) is 29.7 Å². The van der Waals surface area contributed by atoms with Gasteiger partial charge in [0.15, 0.2) is 0 Å². The zero-order chi connectivity index (χ0) is 14.8. The first kappa shape index (κ1) is 15.7. The molecular weight excluding hydrogens is 242 g/mol. The molecule has 0 amide bonds. The number of carboxylic acid groups (broad SMARTS) is 1. The number of nitrogens with zero attached hydrogens (tertiary/aromatic N) is 3. The van der Waals surface area contributed by atoms with Crippen LogP contribution in [0, 0.1) is 0 Å². The number of carbonyl (C=O) groups is 1. The Morgan fingerprint density at radius 3 is 2.53 bits per heavy atom. The molecule has 1 N–H and O–H groups in total. The largest absolute Gasteiger partial charge is 0.480 e. The summed E-state index contributed by atoms with van der Waals surface area (Å²) < 4.78 is 1.91. The summed E-state index contributed by atoms with van der Waals surface area (Å²) in [6.45, 7) is 11.5. The van der Waals surface area contributed by atoms with Crippen LogP contribution in [0.25, 0.3) is 0 Å². The molecule has 108 valence electrons. The summed E-state index contributed by atoms with van der Waals surface area (Å²) in [6.07, 6.45) is 2.02. The maximum absolute atomic E-state index is 11.0. The van der Waals surface area contributed by atoms with Gasteiger partial charge in [-0.05, 0) is 20.9 Å². The monoisotopic (exact) mass is 267 g/mol. The SMILES string of the molecule is CCn1cc(CN(C)C(C)C(=O)O)c(C(C)(C)C)n1. The first-order chi connectivity index (χ1) is 8.66. The Morgan fingerprint density at radius 2 is 2.11 bits per heavy atom. The van der Waals surface area contributed by atoms with Gasteiger partial charge in [0.1, 0.15) is 6.04 Å². The Balaban J connectivity index is 3.00. The number of carboxylic acids is 1. The van der Waals surface area contributed by atoms with E-state index in [1.54, 1.807) is 6.92 Å². The number of rotatable bonds is 5. The van der Waals surface area contributed by atoms with Crippen LogP contribution in [-0.4, -0.2) is 38.8 Å². The van der Waals surface area contributed by atoms with Gasteiger partial charge in [-0.2, -0.15) is 5.10 Å². The van der Waals surface area contributed by atoms with E-state index in [0.29, 0.717) is 6.54 Å². The van der Waals surface area contributed by atoms with Crippen LogP contribution >= 0.6 is 0 Å². The fourth-order valence-corrected chi connectivity index (χ4v) is 1.97. The zero-order valence-electron chi connectivity index (χ0n) is 12.8. The second kappa shape index (κ2) is 5.74. The van der Waals surface area contributed by atoms with Crippen LogP contribution in [0.15, 0.2) is 6.20 Å². The fraction of sp³-hybridized carbons (Fsp3) is 0.714. The summed E-state index contributed by atoms with van der Waals surface area (Å²) in [5, 5.41) is 13.6. The van der Waals surface area contributed by atoms with Crippen molar-refractivity contribution in [2.45, 2.75) is 59.2 Å². The molecule has 0 aromatic carbocycles. The van der Waals surface area contributed by atoms with Crippen molar-refractivity contribution >= 4 is 5.97 Å². The van der Waals surface area contributed by atoms with Gasteiger partial charge in [-0.3, -0.25) is 14.4 Å². The Labute approximate surface area is 115 Å². The minimum absolute atomic E-state index is 0.0386. The number of hydrogen-bond donors (Lipinski definition) is 1. The summed E-state index contributed by atoms with van der Waals surface area (Å²) in [4.78, 5) is 12.8. The number of hydrogen-bond acceptors (Lipinski definition) is 3. The first-order valence-corrected chi connectivity index (χ1v) is 6.66. The van der Waals surface area contributed by atoms with Crippen LogP contribution < -0.4 is 0 Å². The molecule has 19 heavy (non-hydrogen) atoms. The van der Waals surface area contributed by atoms with Gasteiger partial charge in [-0.15, -0.1) is 0 Å². The first-order valence-electron chi connectivity index (χ1n) is 6.66. The maximum atomic E-state index is 11.0. The minimum Gasteiger partial charge on any atom is -0.480 e. The molecule has 0 aliphatic heterocycles. The third-order valence-corrected chi connectivity index (χ3v) is 3.31. The van der Waals surface area contributed by atoms with Crippen molar-refractivity contribution < 1.29 is 9.90 Å². The van der Waals surface area contributed by atoms with Crippen LogP contribution in [-0.2, 0) is 23.3 Å². The van der Waals surface area contributed by atoms with E-state index < -0.39 is 12.0 Å². The summed E-state index contributed by atoms with van der Waals surface area (Å²) in [5.41, 5.74) is 2.10. The molecule has 1 aromatic heterocycles. The van der Waals surface area contributed by atoms with E-state index >= 15 is 0 Å². The molecule has 0 spiro atoms. The van der Waals surface area contributed by atoms with Gasteiger partial charge in [0.2, 0.25) is 0 Å². The topological polar surface area (TPSA) is 58.4 Å². The Hall–Kier alpha value is -1.36. The van der Waals surface area contributed by atoms with Crippen molar-refractivity contribution in [3.63, 3.8) is 0 Å². The van der Waals surface area contributed by atoms with Gasteiger partial charge in [-0.1, -0.05) is 20.8 Å². The molecule has 1 unspecified atom stereocenters. The summed E-state index contributed by atoms with van der Waals surface area (Å²) in [6, 6.07) is -0.502. The predicted molar refractivity (Wildman–Crippen MR) is 75.2 cm³/mol.